The third kappa shape index (κ3) is 3.83. The molecule has 0 aromatic carbocycles. The number of hydrogen-bond acceptors (Lipinski definition) is 3. The SMILES string of the molecule is C=N/N=C/C=C(\C)N(C)C. The summed E-state index contributed by atoms with van der Waals surface area (Å²) in [6, 6.07) is 0. The van der Waals surface area contributed by atoms with Crippen LogP contribution in [0.25, 0.3) is 0 Å². The fourth-order valence-electron chi connectivity index (χ4n) is 0.337. The zero-order valence-electron chi connectivity index (χ0n) is 6.70. The smallest absolute Gasteiger partial charge is 0.0512 e. The van der Waals surface area contributed by atoms with Crippen molar-refractivity contribution in [1.82, 2.24) is 4.90 Å². The minimum absolute atomic E-state index is 1.13. The Hall–Kier alpha value is -1.12. The van der Waals surface area contributed by atoms with Crippen LogP contribution in [0, 0.1) is 0 Å². The van der Waals surface area contributed by atoms with Crippen LogP contribution in [-0.2, 0) is 0 Å². The van der Waals surface area contributed by atoms with Gasteiger partial charge in [0, 0.05) is 26.5 Å². The highest BCUT2D eigenvalue weighted by atomic mass is 15.2. The van der Waals surface area contributed by atoms with E-state index in [0.717, 1.165) is 5.70 Å². The highest BCUT2D eigenvalue weighted by Crippen LogP contribution is 1.92. The second-order valence-electron chi connectivity index (χ2n) is 2.11. The van der Waals surface area contributed by atoms with E-state index in [9.17, 15) is 0 Å². The molecule has 0 saturated heterocycles. The van der Waals surface area contributed by atoms with E-state index in [4.69, 9.17) is 0 Å². The van der Waals surface area contributed by atoms with Crippen LogP contribution in [0.4, 0.5) is 0 Å². The summed E-state index contributed by atoms with van der Waals surface area (Å²) in [7, 11) is 3.95. The van der Waals surface area contributed by atoms with Gasteiger partial charge in [0.05, 0.1) is 6.21 Å². The summed E-state index contributed by atoms with van der Waals surface area (Å²) in [6.45, 7) is 5.21. The standard InChI is InChI=1S/C7H13N3/c1-7(10(3)4)5-6-9-8-2/h5-6H,2H2,1,3-4H3/b7-5+,9-6+. The Kier molecular flexibility index (Phi) is 4.20. The Labute approximate surface area is 61.8 Å². The van der Waals surface area contributed by atoms with Gasteiger partial charge < -0.3 is 4.90 Å². The predicted molar refractivity (Wildman–Crippen MR) is 45.5 cm³/mol. The molecule has 0 aliphatic heterocycles. The molecule has 0 N–H and O–H groups in total. The van der Waals surface area contributed by atoms with Gasteiger partial charge in [0.2, 0.25) is 0 Å². The topological polar surface area (TPSA) is 28.0 Å². The Morgan fingerprint density at radius 1 is 1.50 bits per heavy atom. The van der Waals surface area contributed by atoms with Crippen LogP contribution in [0.15, 0.2) is 22.0 Å². The summed E-state index contributed by atoms with van der Waals surface area (Å²) in [5, 5.41) is 6.90. The van der Waals surface area contributed by atoms with Gasteiger partial charge in [0.1, 0.15) is 0 Å². The predicted octanol–water partition coefficient (Wildman–Crippen LogP) is 1.14. The first-order valence-electron chi connectivity index (χ1n) is 3.01. The van der Waals surface area contributed by atoms with Crippen LogP contribution >= 0.6 is 0 Å². The van der Waals surface area contributed by atoms with E-state index in [0.29, 0.717) is 0 Å². The van der Waals surface area contributed by atoms with Gasteiger partial charge in [-0.05, 0) is 13.0 Å². The molecule has 0 unspecified atom stereocenters. The van der Waals surface area contributed by atoms with Crippen molar-refractivity contribution in [3.8, 4) is 0 Å². The zero-order valence-corrected chi connectivity index (χ0v) is 6.70. The number of rotatable bonds is 3. The zero-order chi connectivity index (χ0) is 7.98. The average molecular weight is 139 g/mol. The largest absolute Gasteiger partial charge is 0.381 e. The van der Waals surface area contributed by atoms with Gasteiger partial charge in [-0.2, -0.15) is 10.2 Å². The molecule has 0 amide bonds. The molecule has 0 radical (unpaired) electrons. The molecular weight excluding hydrogens is 126 g/mol. The fourth-order valence-corrected chi connectivity index (χ4v) is 0.337. The molecule has 0 aromatic heterocycles. The molecule has 0 fully saturated rings. The summed E-state index contributed by atoms with van der Waals surface area (Å²) in [6.07, 6.45) is 3.48. The lowest BCUT2D eigenvalue weighted by Gasteiger charge is -2.10. The van der Waals surface area contributed by atoms with Crippen molar-refractivity contribution in [2.24, 2.45) is 10.2 Å². The lowest BCUT2D eigenvalue weighted by molar-refractivity contribution is 0.515. The van der Waals surface area contributed by atoms with Crippen molar-refractivity contribution in [3.63, 3.8) is 0 Å². The van der Waals surface area contributed by atoms with Crippen molar-refractivity contribution in [1.29, 1.82) is 0 Å². The van der Waals surface area contributed by atoms with Gasteiger partial charge in [-0.1, -0.05) is 0 Å². The van der Waals surface area contributed by atoms with Gasteiger partial charge >= 0.3 is 0 Å². The summed E-state index contributed by atoms with van der Waals surface area (Å²) in [5.41, 5.74) is 1.13. The Balaban J connectivity index is 3.91. The highest BCUT2D eigenvalue weighted by molar-refractivity contribution is 5.71. The monoisotopic (exact) mass is 139 g/mol. The van der Waals surface area contributed by atoms with E-state index >= 15 is 0 Å². The van der Waals surface area contributed by atoms with Crippen molar-refractivity contribution in [2.45, 2.75) is 6.92 Å². The molecule has 0 spiro atoms. The van der Waals surface area contributed by atoms with E-state index in [-0.39, 0.29) is 0 Å². The van der Waals surface area contributed by atoms with E-state index in [2.05, 4.69) is 16.9 Å². The maximum atomic E-state index is 3.58. The first kappa shape index (κ1) is 8.88. The molecule has 10 heavy (non-hydrogen) atoms. The van der Waals surface area contributed by atoms with Crippen LogP contribution in [0.5, 0.6) is 0 Å². The number of allylic oxidation sites excluding steroid dienone is 2. The molecule has 0 aromatic rings. The average Bonchev–Trinajstić information content (AvgIpc) is 1.88. The van der Waals surface area contributed by atoms with E-state index < -0.39 is 0 Å². The van der Waals surface area contributed by atoms with Crippen LogP contribution in [0.1, 0.15) is 6.92 Å². The van der Waals surface area contributed by atoms with Crippen LogP contribution < -0.4 is 0 Å². The van der Waals surface area contributed by atoms with Gasteiger partial charge in [0.25, 0.3) is 0 Å². The Bertz CT molecular complexity index is 156. The molecule has 56 valence electrons. The first-order chi connectivity index (χ1) is 4.68. The molecular formula is C7H13N3. The summed E-state index contributed by atoms with van der Waals surface area (Å²) in [4.78, 5) is 2.00. The second kappa shape index (κ2) is 4.73. The number of nitrogens with zero attached hydrogens (tertiary/aromatic N) is 3. The minimum atomic E-state index is 1.13. The third-order valence-electron chi connectivity index (χ3n) is 1.17. The lowest BCUT2D eigenvalue weighted by atomic mass is 10.4. The van der Waals surface area contributed by atoms with Crippen LogP contribution in [0.2, 0.25) is 0 Å². The molecule has 0 aliphatic carbocycles. The summed E-state index contributed by atoms with van der Waals surface area (Å²) < 4.78 is 0. The fraction of sp³-hybridized carbons (Fsp3) is 0.429. The minimum Gasteiger partial charge on any atom is -0.381 e. The van der Waals surface area contributed by atoms with E-state index in [1.165, 1.54) is 0 Å². The van der Waals surface area contributed by atoms with Crippen LogP contribution in [-0.4, -0.2) is 31.9 Å². The first-order valence-corrected chi connectivity index (χ1v) is 3.01. The maximum absolute atomic E-state index is 3.58. The second-order valence-corrected chi connectivity index (χ2v) is 2.11. The molecule has 0 heterocycles. The van der Waals surface area contributed by atoms with Crippen molar-refractivity contribution < 1.29 is 0 Å². The van der Waals surface area contributed by atoms with Crippen molar-refractivity contribution >= 4 is 12.9 Å². The molecule has 3 nitrogen and oxygen atoms in total. The lowest BCUT2D eigenvalue weighted by Crippen LogP contribution is -2.07. The van der Waals surface area contributed by atoms with Gasteiger partial charge in [-0.15, -0.1) is 0 Å². The van der Waals surface area contributed by atoms with Gasteiger partial charge in [-0.3, -0.25) is 0 Å². The van der Waals surface area contributed by atoms with Crippen molar-refractivity contribution in [3.05, 3.63) is 11.8 Å². The number of hydrogen-bond donors (Lipinski definition) is 0. The molecule has 3 heteroatoms. The maximum Gasteiger partial charge on any atom is 0.0512 e. The quantitative estimate of drug-likeness (QED) is 0.425. The van der Waals surface area contributed by atoms with Crippen LogP contribution in [0.3, 0.4) is 0 Å². The third-order valence-corrected chi connectivity index (χ3v) is 1.17. The molecule has 0 rings (SSSR count). The Morgan fingerprint density at radius 3 is 2.50 bits per heavy atom. The van der Waals surface area contributed by atoms with Gasteiger partial charge in [0.15, 0.2) is 0 Å². The van der Waals surface area contributed by atoms with Crippen molar-refractivity contribution in [2.75, 3.05) is 14.1 Å². The van der Waals surface area contributed by atoms with Gasteiger partial charge in [-0.25, -0.2) is 0 Å². The normalized spacial score (nSPS) is 12.1. The summed E-state index contributed by atoms with van der Waals surface area (Å²) >= 11 is 0. The Morgan fingerprint density at radius 2 is 2.10 bits per heavy atom. The van der Waals surface area contributed by atoms with E-state index in [1.807, 2.05) is 32.0 Å². The molecule has 0 bridgehead atoms. The molecule has 0 atom stereocenters. The summed E-state index contributed by atoms with van der Waals surface area (Å²) in [5.74, 6) is 0. The molecule has 0 aliphatic rings. The molecule has 0 saturated carbocycles. The van der Waals surface area contributed by atoms with E-state index in [1.54, 1.807) is 6.21 Å². The highest BCUT2D eigenvalue weighted by Gasteiger charge is 1.85.